The molecule has 1 unspecified atom stereocenters. The number of carbonyl (C=O) groups excluding carboxylic acids is 1. The van der Waals surface area contributed by atoms with Gasteiger partial charge in [-0.15, -0.1) is 0 Å². The van der Waals surface area contributed by atoms with Crippen molar-refractivity contribution in [3.05, 3.63) is 36.3 Å². The molecular formula is C20H28N8O. The van der Waals surface area contributed by atoms with Crippen molar-refractivity contribution in [2.45, 2.75) is 26.2 Å². The molecule has 2 aromatic rings. The van der Waals surface area contributed by atoms with Gasteiger partial charge in [0.15, 0.2) is 0 Å². The van der Waals surface area contributed by atoms with Gasteiger partial charge in [-0.2, -0.15) is 4.99 Å². The molecular weight excluding hydrogens is 368 g/mol. The monoisotopic (exact) mass is 396 g/mol. The van der Waals surface area contributed by atoms with Crippen molar-refractivity contribution >= 4 is 17.8 Å². The Morgan fingerprint density at radius 1 is 1.17 bits per heavy atom. The highest BCUT2D eigenvalue weighted by molar-refractivity contribution is 5.99. The largest absolute Gasteiger partial charge is 0.386 e. The van der Waals surface area contributed by atoms with Crippen LogP contribution in [0.1, 0.15) is 26.3 Å². The zero-order valence-electron chi connectivity index (χ0n) is 17.1. The Hall–Kier alpha value is -3.07. The first-order valence-corrected chi connectivity index (χ1v) is 9.71. The first-order valence-electron chi connectivity index (χ1n) is 9.71. The Morgan fingerprint density at radius 2 is 1.83 bits per heavy atom. The predicted octanol–water partition coefficient (Wildman–Crippen LogP) is 1.42. The van der Waals surface area contributed by atoms with Crippen LogP contribution in [-0.2, 0) is 5.41 Å². The van der Waals surface area contributed by atoms with Crippen LogP contribution in [0.25, 0.3) is 11.3 Å². The van der Waals surface area contributed by atoms with E-state index in [0.717, 1.165) is 29.9 Å². The molecule has 0 radical (unpaired) electrons. The molecule has 29 heavy (non-hydrogen) atoms. The highest BCUT2D eigenvalue weighted by Gasteiger charge is 2.36. The molecule has 1 saturated heterocycles. The topological polar surface area (TPSA) is 135 Å². The summed E-state index contributed by atoms with van der Waals surface area (Å²) in [6.45, 7) is 8.90. The number of urea groups is 1. The number of anilines is 1. The maximum atomic E-state index is 12.6. The fourth-order valence-corrected chi connectivity index (χ4v) is 3.27. The zero-order chi connectivity index (χ0) is 21.0. The molecule has 5 N–H and O–H groups in total. The number of rotatable bonds is 4. The summed E-state index contributed by atoms with van der Waals surface area (Å²) in [6, 6.07) is 3.55. The average Bonchev–Trinajstić information content (AvgIpc) is 2.74. The summed E-state index contributed by atoms with van der Waals surface area (Å²) in [6.07, 6.45) is 5.03. The summed E-state index contributed by atoms with van der Waals surface area (Å²) in [5.41, 5.74) is 13.7. The Labute approximate surface area is 170 Å². The third-order valence-corrected chi connectivity index (χ3v) is 5.62. The average molecular weight is 396 g/mol. The summed E-state index contributed by atoms with van der Waals surface area (Å²) in [7, 11) is 0. The molecule has 1 aliphatic rings. The second-order valence-corrected chi connectivity index (χ2v) is 7.64. The van der Waals surface area contributed by atoms with Gasteiger partial charge in [-0.05, 0) is 24.5 Å². The van der Waals surface area contributed by atoms with Gasteiger partial charge in [-0.3, -0.25) is 4.98 Å². The summed E-state index contributed by atoms with van der Waals surface area (Å²) in [4.78, 5) is 31.1. The minimum absolute atomic E-state index is 0.106. The number of nitrogens with two attached hydrogens (primary N) is 2. The molecule has 1 aliphatic heterocycles. The Morgan fingerprint density at radius 3 is 2.38 bits per heavy atom. The van der Waals surface area contributed by atoms with E-state index in [0.29, 0.717) is 18.9 Å². The van der Waals surface area contributed by atoms with Crippen LogP contribution >= 0.6 is 0 Å². The number of aromatic nitrogens is 3. The molecule has 2 amide bonds. The number of nitrogens with one attached hydrogen (secondary N) is 1. The normalized spacial score (nSPS) is 17.2. The lowest BCUT2D eigenvalue weighted by atomic mass is 9.73. The SMILES string of the molecule is CC(C)C(C)(/C(N)=N/C(=O)N1CCNCC1)c1ccc(-c2cnc(N)nc2)nc1. The minimum atomic E-state index is -0.632. The maximum Gasteiger partial charge on any atom is 0.345 e. The lowest BCUT2D eigenvalue weighted by Gasteiger charge is -2.34. The van der Waals surface area contributed by atoms with Crippen molar-refractivity contribution in [1.29, 1.82) is 0 Å². The van der Waals surface area contributed by atoms with Crippen molar-refractivity contribution in [2.75, 3.05) is 31.9 Å². The van der Waals surface area contributed by atoms with Crippen LogP contribution in [0.4, 0.5) is 10.7 Å². The molecule has 0 bridgehead atoms. The van der Waals surface area contributed by atoms with Gasteiger partial charge in [0, 0.05) is 50.3 Å². The van der Waals surface area contributed by atoms with Crippen LogP contribution < -0.4 is 16.8 Å². The fraction of sp³-hybridized carbons (Fsp3) is 0.450. The predicted molar refractivity (Wildman–Crippen MR) is 113 cm³/mol. The number of amides is 2. The van der Waals surface area contributed by atoms with Crippen LogP contribution in [0.3, 0.4) is 0 Å². The summed E-state index contributed by atoms with van der Waals surface area (Å²) < 4.78 is 0. The molecule has 0 aliphatic carbocycles. The number of piperazine rings is 1. The number of hydrogen-bond acceptors (Lipinski definition) is 6. The van der Waals surface area contributed by atoms with Crippen molar-refractivity contribution in [2.24, 2.45) is 16.6 Å². The van der Waals surface area contributed by atoms with Crippen LogP contribution in [0.2, 0.25) is 0 Å². The van der Waals surface area contributed by atoms with Crippen molar-refractivity contribution < 1.29 is 4.79 Å². The Balaban J connectivity index is 1.88. The van der Waals surface area contributed by atoms with E-state index in [9.17, 15) is 4.79 Å². The standard InChI is InChI=1S/C20H28N8O/c1-13(2)20(3,17(21)27-19(29)28-8-6-23-7-9-28)15-4-5-16(24-12-15)14-10-25-18(22)26-11-14/h4-5,10-13,23H,6-9H2,1-3H3,(H2,21,27,29)(H2,22,25,26). The van der Waals surface area contributed by atoms with Gasteiger partial charge >= 0.3 is 6.03 Å². The number of carbonyl (C=O) groups is 1. The van der Waals surface area contributed by atoms with E-state index in [1.54, 1.807) is 23.5 Å². The molecule has 154 valence electrons. The Bertz CT molecular complexity index is 872. The molecule has 3 heterocycles. The summed E-state index contributed by atoms with van der Waals surface area (Å²) >= 11 is 0. The van der Waals surface area contributed by atoms with Gasteiger partial charge < -0.3 is 21.7 Å². The number of hydrogen-bond donors (Lipinski definition) is 3. The minimum Gasteiger partial charge on any atom is -0.386 e. The molecule has 9 nitrogen and oxygen atoms in total. The quantitative estimate of drug-likeness (QED) is 0.525. The molecule has 2 aromatic heterocycles. The van der Waals surface area contributed by atoms with E-state index < -0.39 is 5.41 Å². The number of nitrogens with zero attached hydrogens (tertiary/aromatic N) is 5. The van der Waals surface area contributed by atoms with Crippen LogP contribution in [-0.4, -0.2) is 57.9 Å². The van der Waals surface area contributed by atoms with E-state index in [1.807, 2.05) is 19.1 Å². The number of nitrogen functional groups attached to an aromatic ring is 1. The molecule has 0 spiro atoms. The summed E-state index contributed by atoms with van der Waals surface area (Å²) in [5, 5.41) is 3.22. The highest BCUT2D eigenvalue weighted by Crippen LogP contribution is 2.33. The van der Waals surface area contributed by atoms with Crippen molar-refractivity contribution in [3.63, 3.8) is 0 Å². The zero-order valence-corrected chi connectivity index (χ0v) is 17.1. The van der Waals surface area contributed by atoms with Gasteiger partial charge in [-0.1, -0.05) is 19.9 Å². The fourth-order valence-electron chi connectivity index (χ4n) is 3.27. The van der Waals surface area contributed by atoms with Crippen LogP contribution in [0.15, 0.2) is 35.7 Å². The second-order valence-electron chi connectivity index (χ2n) is 7.64. The van der Waals surface area contributed by atoms with E-state index in [1.165, 1.54) is 0 Å². The van der Waals surface area contributed by atoms with Gasteiger partial charge in [0.25, 0.3) is 0 Å². The van der Waals surface area contributed by atoms with E-state index in [4.69, 9.17) is 11.5 Å². The first kappa shape index (κ1) is 20.7. The Kier molecular flexibility index (Phi) is 6.07. The molecule has 1 atom stereocenters. The second kappa shape index (κ2) is 8.52. The van der Waals surface area contributed by atoms with Gasteiger partial charge in [0.2, 0.25) is 5.95 Å². The number of aliphatic imine (C=N–C) groups is 1. The van der Waals surface area contributed by atoms with E-state index in [2.05, 4.69) is 39.1 Å². The van der Waals surface area contributed by atoms with Crippen LogP contribution in [0.5, 0.6) is 0 Å². The summed E-state index contributed by atoms with van der Waals surface area (Å²) in [5.74, 6) is 0.617. The maximum absolute atomic E-state index is 12.6. The molecule has 9 heteroatoms. The molecule has 1 fully saturated rings. The van der Waals surface area contributed by atoms with Gasteiger partial charge in [0.1, 0.15) is 5.84 Å². The number of pyridine rings is 1. The van der Waals surface area contributed by atoms with E-state index in [-0.39, 0.29) is 17.9 Å². The van der Waals surface area contributed by atoms with E-state index >= 15 is 0 Å². The lowest BCUT2D eigenvalue weighted by molar-refractivity contribution is 0.200. The number of amidine groups is 1. The smallest absolute Gasteiger partial charge is 0.345 e. The van der Waals surface area contributed by atoms with Crippen molar-refractivity contribution in [3.8, 4) is 11.3 Å². The van der Waals surface area contributed by atoms with Crippen LogP contribution in [0, 0.1) is 5.92 Å². The first-order chi connectivity index (χ1) is 13.8. The molecule has 0 aromatic carbocycles. The van der Waals surface area contributed by atoms with Gasteiger partial charge in [0.05, 0.1) is 11.1 Å². The third-order valence-electron chi connectivity index (χ3n) is 5.62. The lowest BCUT2D eigenvalue weighted by Crippen LogP contribution is -2.48. The van der Waals surface area contributed by atoms with Crippen molar-refractivity contribution in [1.82, 2.24) is 25.2 Å². The third kappa shape index (κ3) is 4.34. The highest BCUT2D eigenvalue weighted by atomic mass is 16.2. The molecule has 3 rings (SSSR count). The molecule has 0 saturated carbocycles. The van der Waals surface area contributed by atoms with Gasteiger partial charge in [-0.25, -0.2) is 14.8 Å².